The van der Waals surface area contributed by atoms with Crippen LogP contribution in [0.2, 0.25) is 0 Å². The third kappa shape index (κ3) is 8.72. The van der Waals surface area contributed by atoms with Crippen LogP contribution in [0.1, 0.15) is 32.6 Å². The summed E-state index contributed by atoms with van der Waals surface area (Å²) in [7, 11) is 6.05. The highest BCUT2D eigenvalue weighted by Gasteiger charge is 2.47. The van der Waals surface area contributed by atoms with Crippen molar-refractivity contribution < 1.29 is 48.0 Å². The number of hydrogen-bond donors (Lipinski definition) is 1. The Morgan fingerprint density at radius 1 is 0.818 bits per heavy atom. The van der Waals surface area contributed by atoms with Crippen LogP contribution in [-0.4, -0.2) is 71.1 Å². The molecule has 0 unspecified atom stereocenters. The molecule has 0 aromatic rings. The molecule has 0 radical (unpaired) electrons. The van der Waals surface area contributed by atoms with Gasteiger partial charge in [0.2, 0.25) is 0 Å². The van der Waals surface area contributed by atoms with Crippen molar-refractivity contribution >= 4 is 23.9 Å². The topological polar surface area (TPSA) is 135 Å². The summed E-state index contributed by atoms with van der Waals surface area (Å²) in [5, 5.41) is 8.82. The quantitative estimate of drug-likeness (QED) is 0.132. The number of carbonyl (C=O) groups is 4. The van der Waals surface area contributed by atoms with Crippen molar-refractivity contribution in [2.75, 3.05) is 42.2 Å². The Bertz CT molecular complexity index is 731. The third-order valence-corrected chi connectivity index (χ3v) is 5.12. The van der Waals surface area contributed by atoms with E-state index in [9.17, 15) is 19.2 Å². The van der Waals surface area contributed by atoms with Crippen LogP contribution in [0.5, 0.6) is 0 Å². The van der Waals surface area contributed by atoms with Crippen molar-refractivity contribution in [2.45, 2.75) is 32.6 Å². The fraction of sp³-hybridized carbons (Fsp3) is 0.565. The number of ether oxygens (including phenoxy) is 5. The van der Waals surface area contributed by atoms with Gasteiger partial charge in [-0.25, -0.2) is 0 Å². The first-order valence-corrected chi connectivity index (χ1v) is 10.2. The van der Waals surface area contributed by atoms with E-state index < -0.39 is 35.2 Å². The molecule has 10 nitrogen and oxygen atoms in total. The predicted molar refractivity (Wildman–Crippen MR) is 118 cm³/mol. The maximum Gasteiger partial charge on any atom is 0.323 e. The number of esters is 4. The van der Waals surface area contributed by atoms with Gasteiger partial charge in [0.1, 0.15) is 0 Å². The zero-order valence-corrected chi connectivity index (χ0v) is 20.0. The van der Waals surface area contributed by atoms with Crippen LogP contribution in [-0.2, 0) is 42.9 Å². The highest BCUT2D eigenvalue weighted by molar-refractivity contribution is 6.00. The molecule has 33 heavy (non-hydrogen) atoms. The van der Waals surface area contributed by atoms with Gasteiger partial charge >= 0.3 is 23.9 Å². The average molecular weight is 471 g/mol. The summed E-state index contributed by atoms with van der Waals surface area (Å²) in [6, 6.07) is 0. The smallest absolute Gasteiger partial charge is 0.323 e. The molecule has 0 amide bonds. The molecule has 1 N–H and O–H groups in total. The number of aliphatic hydroxyl groups is 1. The first-order valence-electron chi connectivity index (χ1n) is 10.2. The molecule has 0 fully saturated rings. The van der Waals surface area contributed by atoms with Crippen LogP contribution >= 0.6 is 0 Å². The Kier molecular flexibility index (Phi) is 14.1. The number of rotatable bonds is 14. The Hall–Kier alpha value is -3.14. The summed E-state index contributed by atoms with van der Waals surface area (Å²) in [5.74, 6) is -3.98. The zero-order chi connectivity index (χ0) is 25.4. The van der Waals surface area contributed by atoms with Gasteiger partial charge in [-0.15, -0.1) is 0 Å². The third-order valence-electron chi connectivity index (χ3n) is 5.12. The SMILES string of the molecule is COC(=O)C(C/C(OC)=C(\C)CCC(C/C=C\C=C\CO)(C(=O)OC)C(=O)OC)C(=O)OC. The Balaban J connectivity index is 5.96. The van der Waals surface area contributed by atoms with Gasteiger partial charge in [-0.05, 0) is 31.8 Å². The normalized spacial score (nSPS) is 12.5. The second-order valence-electron chi connectivity index (χ2n) is 7.02. The van der Waals surface area contributed by atoms with Crippen LogP contribution in [0.3, 0.4) is 0 Å². The maximum atomic E-state index is 12.7. The highest BCUT2D eigenvalue weighted by Crippen LogP contribution is 2.35. The molecule has 0 aliphatic rings. The molecule has 0 aliphatic heterocycles. The number of hydrogen-bond acceptors (Lipinski definition) is 10. The van der Waals surface area contributed by atoms with Gasteiger partial charge in [-0.1, -0.05) is 24.3 Å². The van der Waals surface area contributed by atoms with Gasteiger partial charge in [0, 0.05) is 6.42 Å². The Morgan fingerprint density at radius 3 is 1.76 bits per heavy atom. The Labute approximate surface area is 194 Å². The average Bonchev–Trinajstić information content (AvgIpc) is 2.84. The van der Waals surface area contributed by atoms with Crippen molar-refractivity contribution in [3.8, 4) is 0 Å². The second kappa shape index (κ2) is 15.6. The van der Waals surface area contributed by atoms with E-state index in [1.807, 2.05) is 0 Å². The fourth-order valence-electron chi connectivity index (χ4n) is 3.14. The summed E-state index contributed by atoms with van der Waals surface area (Å²) in [6.45, 7) is 1.55. The lowest BCUT2D eigenvalue weighted by atomic mass is 9.78. The van der Waals surface area contributed by atoms with Crippen molar-refractivity contribution in [2.24, 2.45) is 11.3 Å². The lowest BCUT2D eigenvalue weighted by Crippen LogP contribution is -2.41. The van der Waals surface area contributed by atoms with Crippen molar-refractivity contribution in [3.63, 3.8) is 0 Å². The van der Waals surface area contributed by atoms with Crippen molar-refractivity contribution in [1.82, 2.24) is 0 Å². The first kappa shape index (κ1) is 29.9. The van der Waals surface area contributed by atoms with Gasteiger partial charge in [0.05, 0.1) is 47.9 Å². The number of allylic oxidation sites excluding steroid dienone is 5. The minimum absolute atomic E-state index is 0.00927. The van der Waals surface area contributed by atoms with Gasteiger partial charge in [0.25, 0.3) is 0 Å². The minimum Gasteiger partial charge on any atom is -0.501 e. The van der Waals surface area contributed by atoms with Crippen LogP contribution in [0.15, 0.2) is 35.6 Å². The van der Waals surface area contributed by atoms with E-state index in [1.165, 1.54) is 27.4 Å². The molecule has 0 bridgehead atoms. The number of carbonyl (C=O) groups excluding carboxylic acids is 4. The number of aliphatic hydroxyl groups excluding tert-OH is 1. The molecule has 0 atom stereocenters. The summed E-state index contributed by atoms with van der Waals surface area (Å²) in [4.78, 5) is 49.3. The maximum absolute atomic E-state index is 12.7. The lowest BCUT2D eigenvalue weighted by molar-refractivity contribution is -0.169. The summed E-state index contributed by atoms with van der Waals surface area (Å²) in [6.07, 6.45) is 6.35. The summed E-state index contributed by atoms with van der Waals surface area (Å²) >= 11 is 0. The molecule has 0 heterocycles. The molecule has 0 aromatic heterocycles. The van der Waals surface area contributed by atoms with E-state index >= 15 is 0 Å². The van der Waals surface area contributed by atoms with E-state index in [4.69, 9.17) is 19.3 Å². The Morgan fingerprint density at radius 2 is 1.33 bits per heavy atom. The van der Waals surface area contributed by atoms with E-state index in [0.29, 0.717) is 11.3 Å². The van der Waals surface area contributed by atoms with Crippen LogP contribution < -0.4 is 0 Å². The predicted octanol–water partition coefficient (Wildman–Crippen LogP) is 1.87. The lowest BCUT2D eigenvalue weighted by Gasteiger charge is -2.27. The first-order chi connectivity index (χ1) is 15.7. The van der Waals surface area contributed by atoms with Crippen LogP contribution in [0.25, 0.3) is 0 Å². The largest absolute Gasteiger partial charge is 0.501 e. The molecule has 186 valence electrons. The molecule has 0 aromatic carbocycles. The van der Waals surface area contributed by atoms with Crippen molar-refractivity contribution in [3.05, 3.63) is 35.6 Å². The van der Waals surface area contributed by atoms with Crippen LogP contribution in [0.4, 0.5) is 0 Å². The van der Waals surface area contributed by atoms with E-state index in [2.05, 4.69) is 9.47 Å². The standard InChI is InChI=1S/C23H34O10/c1-16(18(29-2)15-17(19(25)30-3)20(26)31-4)11-13-23(21(27)32-5,22(28)33-6)12-9-7-8-10-14-24/h7-10,17,24H,11-15H2,1-6H3/b9-7-,10-8+,18-16-. The fourth-order valence-corrected chi connectivity index (χ4v) is 3.14. The molecular formula is C23H34O10. The van der Waals surface area contributed by atoms with Gasteiger partial charge in [-0.3, -0.25) is 19.2 Å². The minimum atomic E-state index is -1.63. The van der Waals surface area contributed by atoms with E-state index in [-0.39, 0.29) is 32.3 Å². The van der Waals surface area contributed by atoms with E-state index in [0.717, 1.165) is 14.2 Å². The zero-order valence-electron chi connectivity index (χ0n) is 20.0. The summed E-state index contributed by atoms with van der Waals surface area (Å²) in [5.41, 5.74) is -1.02. The molecule has 0 aliphatic carbocycles. The van der Waals surface area contributed by atoms with Crippen LogP contribution in [0, 0.1) is 11.3 Å². The van der Waals surface area contributed by atoms with Crippen molar-refractivity contribution in [1.29, 1.82) is 0 Å². The molecular weight excluding hydrogens is 436 g/mol. The number of methoxy groups -OCH3 is 5. The molecule has 0 saturated heterocycles. The molecule has 0 saturated carbocycles. The molecule has 0 spiro atoms. The summed E-state index contributed by atoms with van der Waals surface area (Å²) < 4.78 is 24.5. The monoisotopic (exact) mass is 470 g/mol. The van der Waals surface area contributed by atoms with Gasteiger partial charge in [-0.2, -0.15) is 0 Å². The van der Waals surface area contributed by atoms with Gasteiger partial charge in [0.15, 0.2) is 11.3 Å². The van der Waals surface area contributed by atoms with E-state index in [1.54, 1.807) is 25.2 Å². The van der Waals surface area contributed by atoms with Gasteiger partial charge < -0.3 is 28.8 Å². The second-order valence-corrected chi connectivity index (χ2v) is 7.02. The molecule has 0 rings (SSSR count). The highest BCUT2D eigenvalue weighted by atomic mass is 16.6. The molecule has 10 heteroatoms.